The topological polar surface area (TPSA) is 86.4 Å². The van der Waals surface area contributed by atoms with Gasteiger partial charge in [0.25, 0.3) is 0 Å². The molecule has 194 valence electrons. The summed E-state index contributed by atoms with van der Waals surface area (Å²) < 4.78 is 13.8. The summed E-state index contributed by atoms with van der Waals surface area (Å²) >= 11 is 0. The Labute approximate surface area is 221 Å². The standard InChI is InChI=1S/C31H31N3O4/c1-18-14-23(19(2)32-25-13-8-7-11-21(25)30(36)38-31(3,4)5)29-24(15-18)26(35)16-27(37-29)22-12-9-10-20-17-34(6)33-28(20)22/h7-17,19,32H,1-6H3. The van der Waals surface area contributed by atoms with Crippen LogP contribution in [-0.2, 0) is 11.8 Å². The smallest absolute Gasteiger partial charge is 0.340 e. The van der Waals surface area contributed by atoms with Gasteiger partial charge in [-0.2, -0.15) is 5.10 Å². The average Bonchev–Trinajstić information content (AvgIpc) is 3.23. The molecule has 1 N–H and O–H groups in total. The van der Waals surface area contributed by atoms with E-state index in [-0.39, 0.29) is 11.5 Å². The van der Waals surface area contributed by atoms with Gasteiger partial charge >= 0.3 is 5.97 Å². The zero-order chi connectivity index (χ0) is 27.2. The summed E-state index contributed by atoms with van der Waals surface area (Å²) in [6.07, 6.45) is 1.93. The highest BCUT2D eigenvalue weighted by molar-refractivity contribution is 5.96. The molecule has 3 aromatic carbocycles. The number of nitrogens with zero attached hydrogens (tertiary/aromatic N) is 2. The first kappa shape index (κ1) is 25.3. The van der Waals surface area contributed by atoms with Crippen molar-refractivity contribution in [1.29, 1.82) is 0 Å². The summed E-state index contributed by atoms with van der Waals surface area (Å²) in [6.45, 7) is 9.45. The highest BCUT2D eigenvalue weighted by atomic mass is 16.6. The van der Waals surface area contributed by atoms with Crippen LogP contribution in [-0.4, -0.2) is 21.4 Å². The SMILES string of the molecule is Cc1cc(C(C)Nc2ccccc2C(=O)OC(C)(C)C)c2oc(-c3cccc4cn(C)nc34)cc(=O)c2c1. The van der Waals surface area contributed by atoms with Crippen LogP contribution >= 0.6 is 0 Å². The lowest BCUT2D eigenvalue weighted by atomic mass is 10.00. The lowest BCUT2D eigenvalue weighted by Gasteiger charge is -2.22. The van der Waals surface area contributed by atoms with Crippen LogP contribution in [0.25, 0.3) is 33.2 Å². The van der Waals surface area contributed by atoms with Gasteiger partial charge in [0.05, 0.1) is 17.0 Å². The second-order valence-electron chi connectivity index (χ2n) is 10.7. The van der Waals surface area contributed by atoms with Gasteiger partial charge in [-0.3, -0.25) is 9.48 Å². The molecule has 0 spiro atoms. The Morgan fingerprint density at radius 1 is 1.08 bits per heavy atom. The molecule has 5 rings (SSSR count). The first-order chi connectivity index (χ1) is 18.0. The van der Waals surface area contributed by atoms with E-state index in [1.165, 1.54) is 6.07 Å². The molecule has 0 saturated heterocycles. The first-order valence-corrected chi connectivity index (χ1v) is 12.6. The highest BCUT2D eigenvalue weighted by Gasteiger charge is 2.22. The molecule has 0 fully saturated rings. The third-order valence-electron chi connectivity index (χ3n) is 6.30. The summed E-state index contributed by atoms with van der Waals surface area (Å²) in [5.74, 6) is 0.0532. The van der Waals surface area contributed by atoms with Gasteiger partial charge in [0.2, 0.25) is 0 Å². The number of fused-ring (bicyclic) bond motifs is 2. The minimum Gasteiger partial charge on any atom is -0.456 e. The quantitative estimate of drug-likeness (QED) is 0.263. The molecule has 0 bridgehead atoms. The van der Waals surface area contributed by atoms with Crippen LogP contribution in [0.1, 0.15) is 55.2 Å². The first-order valence-electron chi connectivity index (χ1n) is 12.6. The number of para-hydroxylation sites is 1. The fourth-order valence-corrected chi connectivity index (χ4v) is 4.68. The van der Waals surface area contributed by atoms with E-state index in [0.29, 0.717) is 28.0 Å². The van der Waals surface area contributed by atoms with Crippen molar-refractivity contribution in [2.45, 2.75) is 46.3 Å². The number of carbonyl (C=O) groups is 1. The second kappa shape index (κ2) is 9.49. The molecule has 2 heterocycles. The number of hydrogen-bond acceptors (Lipinski definition) is 6. The van der Waals surface area contributed by atoms with Crippen LogP contribution in [0.5, 0.6) is 0 Å². The van der Waals surface area contributed by atoms with Crippen molar-refractivity contribution in [2.75, 3.05) is 5.32 Å². The highest BCUT2D eigenvalue weighted by Crippen LogP contribution is 2.33. The fourth-order valence-electron chi connectivity index (χ4n) is 4.68. The molecule has 0 amide bonds. The Bertz CT molecular complexity index is 1740. The lowest BCUT2D eigenvalue weighted by Crippen LogP contribution is -2.24. The van der Waals surface area contributed by atoms with E-state index in [2.05, 4.69) is 10.4 Å². The van der Waals surface area contributed by atoms with E-state index in [0.717, 1.165) is 27.6 Å². The number of aromatic nitrogens is 2. The van der Waals surface area contributed by atoms with E-state index >= 15 is 0 Å². The van der Waals surface area contributed by atoms with Crippen molar-refractivity contribution in [1.82, 2.24) is 9.78 Å². The van der Waals surface area contributed by atoms with Gasteiger partial charge in [-0.25, -0.2) is 4.79 Å². The Balaban J connectivity index is 1.60. The number of benzene rings is 3. The number of anilines is 1. The second-order valence-corrected chi connectivity index (χ2v) is 10.7. The summed E-state index contributed by atoms with van der Waals surface area (Å²) in [4.78, 5) is 26.2. The zero-order valence-corrected chi connectivity index (χ0v) is 22.5. The number of rotatable bonds is 5. The molecule has 0 aliphatic carbocycles. The van der Waals surface area contributed by atoms with E-state index in [1.54, 1.807) is 16.8 Å². The van der Waals surface area contributed by atoms with Crippen LogP contribution in [0.2, 0.25) is 0 Å². The fraction of sp³-hybridized carbons (Fsp3) is 0.258. The number of aryl methyl sites for hydroxylation is 2. The van der Waals surface area contributed by atoms with Crippen molar-refractivity contribution in [2.24, 2.45) is 7.05 Å². The third-order valence-corrected chi connectivity index (χ3v) is 6.30. The number of hydrogen-bond donors (Lipinski definition) is 1. The molecule has 2 aromatic heterocycles. The van der Waals surface area contributed by atoms with E-state index < -0.39 is 11.6 Å². The Hall–Kier alpha value is -4.39. The predicted octanol–water partition coefficient (Wildman–Crippen LogP) is 6.78. The maximum Gasteiger partial charge on any atom is 0.340 e. The maximum absolute atomic E-state index is 13.3. The van der Waals surface area contributed by atoms with Crippen LogP contribution in [0.15, 0.2) is 76.1 Å². The molecule has 0 saturated carbocycles. The van der Waals surface area contributed by atoms with Crippen molar-refractivity contribution in [3.63, 3.8) is 0 Å². The Kier molecular flexibility index (Phi) is 6.31. The molecule has 0 aliphatic heterocycles. The third kappa shape index (κ3) is 4.92. The van der Waals surface area contributed by atoms with Crippen LogP contribution in [0.3, 0.4) is 0 Å². The van der Waals surface area contributed by atoms with E-state index in [9.17, 15) is 9.59 Å². The molecular weight excluding hydrogens is 478 g/mol. The molecule has 7 heteroatoms. The number of ether oxygens (including phenoxy) is 1. The largest absolute Gasteiger partial charge is 0.456 e. The Morgan fingerprint density at radius 3 is 2.61 bits per heavy atom. The zero-order valence-electron chi connectivity index (χ0n) is 22.5. The minimum atomic E-state index is -0.612. The van der Waals surface area contributed by atoms with Crippen LogP contribution < -0.4 is 10.7 Å². The molecule has 0 aliphatic rings. The summed E-state index contributed by atoms with van der Waals surface area (Å²) in [7, 11) is 1.86. The number of carbonyl (C=O) groups excluding carboxylic acids is 1. The van der Waals surface area contributed by atoms with Gasteiger partial charge in [0, 0.05) is 41.5 Å². The van der Waals surface area contributed by atoms with Crippen LogP contribution in [0, 0.1) is 6.92 Å². The van der Waals surface area contributed by atoms with Gasteiger partial charge < -0.3 is 14.5 Å². The van der Waals surface area contributed by atoms with Crippen LogP contribution in [0.4, 0.5) is 5.69 Å². The summed E-state index contributed by atoms with van der Waals surface area (Å²) in [5.41, 5.74) is 4.11. The molecule has 38 heavy (non-hydrogen) atoms. The molecule has 7 nitrogen and oxygen atoms in total. The lowest BCUT2D eigenvalue weighted by molar-refractivity contribution is 0.00706. The summed E-state index contributed by atoms with van der Waals surface area (Å²) in [5, 5.41) is 9.49. The maximum atomic E-state index is 13.3. The number of esters is 1. The predicted molar refractivity (Wildman–Crippen MR) is 151 cm³/mol. The average molecular weight is 510 g/mol. The number of nitrogens with one attached hydrogen (secondary N) is 1. The van der Waals surface area contributed by atoms with Crippen molar-refractivity contribution in [3.05, 3.63) is 93.8 Å². The van der Waals surface area contributed by atoms with Crippen molar-refractivity contribution >= 4 is 33.5 Å². The molecule has 1 atom stereocenters. The molecule has 0 radical (unpaired) electrons. The summed E-state index contributed by atoms with van der Waals surface area (Å²) in [6, 6.07) is 18.2. The monoisotopic (exact) mass is 509 g/mol. The molecular formula is C31H31N3O4. The molecule has 1 unspecified atom stereocenters. The van der Waals surface area contributed by atoms with Gasteiger partial charge in [-0.1, -0.05) is 30.3 Å². The van der Waals surface area contributed by atoms with Gasteiger partial charge in [0.15, 0.2) is 5.43 Å². The Morgan fingerprint density at radius 2 is 1.84 bits per heavy atom. The van der Waals surface area contributed by atoms with Crippen molar-refractivity contribution < 1.29 is 13.9 Å². The normalized spacial score (nSPS) is 12.6. The minimum absolute atomic E-state index is 0.125. The molecule has 5 aromatic rings. The van der Waals surface area contributed by atoms with Gasteiger partial charge in [-0.15, -0.1) is 0 Å². The van der Waals surface area contributed by atoms with Crippen molar-refractivity contribution in [3.8, 4) is 11.3 Å². The van der Waals surface area contributed by atoms with E-state index in [1.807, 2.05) is 90.3 Å². The van der Waals surface area contributed by atoms with Gasteiger partial charge in [-0.05, 0) is 64.4 Å². The van der Waals surface area contributed by atoms with E-state index in [4.69, 9.17) is 9.15 Å². The van der Waals surface area contributed by atoms with Gasteiger partial charge in [0.1, 0.15) is 22.5 Å².